The van der Waals surface area contributed by atoms with Gasteiger partial charge in [-0.1, -0.05) is 18.2 Å². The maximum atomic E-state index is 14.7. The molecule has 0 bridgehead atoms. The molecule has 0 unspecified atom stereocenters. The lowest BCUT2D eigenvalue weighted by Crippen LogP contribution is -1.96. The van der Waals surface area contributed by atoms with Gasteiger partial charge in [0.2, 0.25) is 0 Å². The summed E-state index contributed by atoms with van der Waals surface area (Å²) < 4.78 is 29.5. The molecule has 2 aliphatic carbocycles. The maximum absolute atomic E-state index is 14.7. The molecule has 0 saturated carbocycles. The van der Waals surface area contributed by atoms with Crippen LogP contribution < -0.4 is 0 Å². The summed E-state index contributed by atoms with van der Waals surface area (Å²) in [5, 5.41) is 78.2. The van der Waals surface area contributed by atoms with Crippen LogP contribution in [0.1, 0.15) is 44.5 Å². The number of hydrogen-bond acceptors (Lipinski definition) is 8. The van der Waals surface area contributed by atoms with Gasteiger partial charge >= 0.3 is 0 Å². The third-order valence-electron chi connectivity index (χ3n) is 7.14. The number of hydrogen-bond donors (Lipinski definition) is 0. The van der Waals surface area contributed by atoms with Crippen LogP contribution in [0.3, 0.4) is 0 Å². The quantitative estimate of drug-likeness (QED) is 0.327. The van der Waals surface area contributed by atoms with Crippen LogP contribution in [-0.2, 0) is 0 Å². The molecule has 2 aliphatic rings. The molecule has 0 atom stereocenters. The van der Waals surface area contributed by atoms with Crippen molar-refractivity contribution in [3.63, 3.8) is 0 Å². The number of allylic oxidation sites excluding steroid dienone is 8. The van der Waals surface area contributed by atoms with Crippen LogP contribution in [0, 0.1) is 102 Å². The van der Waals surface area contributed by atoms with E-state index in [0.29, 0.717) is 0 Å². The number of rotatable bonds is 2. The van der Waals surface area contributed by atoms with Gasteiger partial charge in [-0.2, -0.15) is 42.1 Å². The topological polar surface area (TPSA) is 190 Å². The highest BCUT2D eigenvalue weighted by Gasteiger charge is 2.35. The minimum atomic E-state index is -0.918. The standard InChI is InChI=1S/C34H8F2N8/c35-29-7-25-23(5-19(29)9-37)27(15-43)31(33(25)21(11-39)12-40)17-2-1-3-18(4-17)32-28(16-44)24-6-20(10-38)30(36)8-26(24)34(32)22(13-41)14-42/h1-8H. The van der Waals surface area contributed by atoms with Crippen molar-refractivity contribution in [1.82, 2.24) is 0 Å². The fourth-order valence-corrected chi connectivity index (χ4v) is 5.37. The van der Waals surface area contributed by atoms with Crippen molar-refractivity contribution in [3.8, 4) is 48.6 Å². The summed E-state index contributed by atoms with van der Waals surface area (Å²) in [6.45, 7) is 0. The van der Waals surface area contributed by atoms with Crippen molar-refractivity contribution >= 4 is 33.4 Å². The van der Waals surface area contributed by atoms with Crippen molar-refractivity contribution < 1.29 is 8.78 Å². The van der Waals surface area contributed by atoms with E-state index in [1.165, 1.54) is 24.3 Å². The van der Waals surface area contributed by atoms with E-state index in [1.54, 1.807) is 36.4 Å². The normalized spacial score (nSPS) is 12.3. The zero-order valence-corrected chi connectivity index (χ0v) is 22.0. The number of nitrogens with zero attached hydrogens (tertiary/aromatic N) is 8. The highest BCUT2D eigenvalue weighted by Crippen LogP contribution is 2.51. The van der Waals surface area contributed by atoms with Gasteiger partial charge in [-0.3, -0.25) is 0 Å². The van der Waals surface area contributed by atoms with Gasteiger partial charge in [-0.15, -0.1) is 0 Å². The Hall–Kier alpha value is -7.60. The molecule has 3 aromatic rings. The van der Waals surface area contributed by atoms with Crippen molar-refractivity contribution in [2.45, 2.75) is 0 Å². The molecule has 10 heteroatoms. The van der Waals surface area contributed by atoms with Crippen LogP contribution in [0.5, 0.6) is 0 Å². The molecule has 3 aromatic carbocycles. The number of fused-ring (bicyclic) bond motifs is 2. The van der Waals surface area contributed by atoms with E-state index in [9.17, 15) is 50.9 Å². The average Bonchev–Trinajstić information content (AvgIpc) is 3.53. The predicted molar refractivity (Wildman–Crippen MR) is 150 cm³/mol. The molecule has 5 rings (SSSR count). The Bertz CT molecular complexity index is 2190. The van der Waals surface area contributed by atoms with Crippen molar-refractivity contribution in [1.29, 1.82) is 42.1 Å². The predicted octanol–water partition coefficient (Wildman–Crippen LogP) is 6.21. The van der Waals surface area contributed by atoms with E-state index >= 15 is 0 Å². The first-order chi connectivity index (χ1) is 21.3. The first kappa shape index (κ1) is 27.9. The molecule has 0 N–H and O–H groups in total. The summed E-state index contributed by atoms with van der Waals surface area (Å²) in [6, 6.07) is 24.9. The molecule has 0 saturated heterocycles. The lowest BCUT2D eigenvalue weighted by atomic mass is 9.88. The molecule has 44 heavy (non-hydrogen) atoms. The summed E-state index contributed by atoms with van der Waals surface area (Å²) in [7, 11) is 0. The minimum Gasteiger partial charge on any atom is -0.206 e. The molecule has 0 amide bonds. The van der Waals surface area contributed by atoms with Gasteiger partial charge in [-0.25, -0.2) is 8.78 Å². The average molecular weight is 566 g/mol. The summed E-state index contributed by atoms with van der Waals surface area (Å²) in [6.07, 6.45) is 0. The molecule has 0 aromatic heterocycles. The second-order valence-electron chi connectivity index (χ2n) is 9.23. The molecule has 0 spiro atoms. The summed E-state index contributed by atoms with van der Waals surface area (Å²) in [5.74, 6) is -1.84. The Labute approximate surface area is 248 Å². The van der Waals surface area contributed by atoms with Crippen LogP contribution in [0.15, 0.2) is 59.7 Å². The van der Waals surface area contributed by atoms with Crippen LogP contribution >= 0.6 is 0 Å². The maximum Gasteiger partial charge on any atom is 0.141 e. The Balaban J connectivity index is 1.87. The van der Waals surface area contributed by atoms with E-state index < -0.39 is 22.8 Å². The Morgan fingerprint density at radius 3 is 1.18 bits per heavy atom. The monoisotopic (exact) mass is 566 g/mol. The van der Waals surface area contributed by atoms with Gasteiger partial charge < -0.3 is 0 Å². The summed E-state index contributed by atoms with van der Waals surface area (Å²) in [5.41, 5.74) is -0.748. The number of halogens is 2. The number of nitriles is 8. The third kappa shape index (κ3) is 3.96. The fourth-order valence-electron chi connectivity index (χ4n) is 5.37. The minimum absolute atomic E-state index is 0.0440. The first-order valence-corrected chi connectivity index (χ1v) is 12.3. The molecule has 0 aliphatic heterocycles. The van der Waals surface area contributed by atoms with E-state index in [4.69, 9.17) is 0 Å². The zero-order chi connectivity index (χ0) is 31.7. The Kier molecular flexibility index (Phi) is 6.83. The first-order valence-electron chi connectivity index (χ1n) is 12.3. The number of benzene rings is 3. The van der Waals surface area contributed by atoms with Crippen LogP contribution in [0.4, 0.5) is 8.78 Å². The highest BCUT2D eigenvalue weighted by atomic mass is 19.1. The molecule has 0 heterocycles. The molecule has 8 nitrogen and oxygen atoms in total. The molecule has 0 radical (unpaired) electrons. The van der Waals surface area contributed by atoms with Gasteiger partial charge in [0.1, 0.15) is 71.3 Å². The van der Waals surface area contributed by atoms with Gasteiger partial charge in [0.15, 0.2) is 0 Å². The SMILES string of the molecule is N#CC(C#N)=C1C(c2cccc(C3=C(C#N)c4cc(C#N)c(F)cc4C3=C(C#N)C#N)c2)=C(C#N)c2cc(C#N)c(F)cc21. The summed E-state index contributed by atoms with van der Waals surface area (Å²) >= 11 is 0. The molecular formula is C34H8F2N8. The van der Waals surface area contributed by atoms with Crippen molar-refractivity contribution in [3.05, 3.63) is 116 Å². The van der Waals surface area contributed by atoms with E-state index in [2.05, 4.69) is 0 Å². The Morgan fingerprint density at radius 2 is 0.864 bits per heavy atom. The van der Waals surface area contributed by atoms with Gasteiger partial charge in [0.25, 0.3) is 0 Å². The largest absolute Gasteiger partial charge is 0.206 e. The lowest BCUT2D eigenvalue weighted by molar-refractivity contribution is 0.623. The van der Waals surface area contributed by atoms with Crippen LogP contribution in [-0.4, -0.2) is 0 Å². The van der Waals surface area contributed by atoms with Crippen molar-refractivity contribution in [2.75, 3.05) is 0 Å². The van der Waals surface area contributed by atoms with Gasteiger partial charge in [-0.05, 0) is 52.6 Å². The second kappa shape index (κ2) is 10.8. The van der Waals surface area contributed by atoms with E-state index in [1.807, 2.05) is 12.1 Å². The lowest BCUT2D eigenvalue weighted by Gasteiger charge is -2.13. The molecular weight excluding hydrogens is 558 g/mol. The van der Waals surface area contributed by atoms with E-state index in [-0.39, 0.29) is 77.9 Å². The fraction of sp³-hybridized carbons (Fsp3) is 0. The molecule has 198 valence electrons. The third-order valence-corrected chi connectivity index (χ3v) is 7.14. The van der Waals surface area contributed by atoms with Crippen LogP contribution in [0.25, 0.3) is 33.4 Å². The van der Waals surface area contributed by atoms with Crippen LogP contribution in [0.2, 0.25) is 0 Å². The second-order valence-corrected chi connectivity index (χ2v) is 9.23. The van der Waals surface area contributed by atoms with E-state index in [0.717, 1.165) is 24.3 Å². The smallest absolute Gasteiger partial charge is 0.141 e. The summed E-state index contributed by atoms with van der Waals surface area (Å²) in [4.78, 5) is 0. The Morgan fingerprint density at radius 1 is 0.477 bits per heavy atom. The molecule has 0 fully saturated rings. The van der Waals surface area contributed by atoms with Crippen molar-refractivity contribution in [2.24, 2.45) is 0 Å². The van der Waals surface area contributed by atoms with Gasteiger partial charge in [0, 0.05) is 33.4 Å². The zero-order valence-electron chi connectivity index (χ0n) is 22.0. The van der Waals surface area contributed by atoms with Gasteiger partial charge in [0.05, 0.1) is 22.3 Å². The highest BCUT2D eigenvalue weighted by molar-refractivity contribution is 6.28.